The van der Waals surface area contributed by atoms with Crippen molar-refractivity contribution in [3.8, 4) is 5.82 Å². The minimum atomic E-state index is -3.09. The van der Waals surface area contributed by atoms with Crippen molar-refractivity contribution in [2.45, 2.75) is 44.6 Å². The largest absolute Gasteiger partial charge is 0.378 e. The number of nitrogens with zero attached hydrogens (tertiary/aromatic N) is 6. The third kappa shape index (κ3) is 5.57. The van der Waals surface area contributed by atoms with Crippen molar-refractivity contribution in [2.24, 2.45) is 5.92 Å². The molecule has 0 amide bonds. The Kier molecular flexibility index (Phi) is 7.38. The third-order valence-electron chi connectivity index (χ3n) is 7.89. The van der Waals surface area contributed by atoms with E-state index in [0.717, 1.165) is 25.7 Å². The number of fused-ring (bicyclic) bond motifs is 1. The lowest BCUT2D eigenvalue weighted by Crippen LogP contribution is -2.37. The maximum Gasteiger partial charge on any atom is 0.296 e. The zero-order valence-corrected chi connectivity index (χ0v) is 22.5. The van der Waals surface area contributed by atoms with E-state index in [0.29, 0.717) is 80.3 Å². The molecule has 39 heavy (non-hydrogen) atoms. The Labute approximate surface area is 226 Å². The second-order valence-electron chi connectivity index (χ2n) is 10.5. The van der Waals surface area contributed by atoms with Gasteiger partial charge in [-0.25, -0.2) is 26.5 Å². The summed E-state index contributed by atoms with van der Waals surface area (Å²) in [4.78, 5) is 15.7. The van der Waals surface area contributed by atoms with Gasteiger partial charge in [-0.1, -0.05) is 12.1 Å². The zero-order valence-electron chi connectivity index (χ0n) is 21.7. The monoisotopic (exact) mass is 561 g/mol. The standard InChI is InChI=1S/C26H33F2N7O3S/c27-24(28)25-30-20-4-1-2-5-21(20)35(25)23-16-22(33-11-13-38-14-12-33)31-26(32-23)29-19-8-6-18(7-9-19)17-34-10-3-15-39(34,36)37/h1-2,4-5,16,18-19,24H,3,6-15,17H2,(H,29,31,32). The van der Waals surface area contributed by atoms with Crippen LogP contribution in [0.15, 0.2) is 30.3 Å². The van der Waals surface area contributed by atoms with Crippen molar-refractivity contribution in [2.75, 3.05) is 55.4 Å². The Hall–Kier alpha value is -2.90. The van der Waals surface area contributed by atoms with Gasteiger partial charge in [0.2, 0.25) is 16.0 Å². The summed E-state index contributed by atoms with van der Waals surface area (Å²) in [5, 5.41) is 3.46. The molecular weight excluding hydrogens is 528 g/mol. The van der Waals surface area contributed by atoms with Crippen LogP contribution < -0.4 is 10.2 Å². The van der Waals surface area contributed by atoms with Gasteiger partial charge in [-0.2, -0.15) is 9.97 Å². The summed E-state index contributed by atoms with van der Waals surface area (Å²) in [7, 11) is -3.09. The summed E-state index contributed by atoms with van der Waals surface area (Å²) in [6.45, 7) is 3.63. The number of benzene rings is 1. The molecule has 6 rings (SSSR count). The lowest BCUT2D eigenvalue weighted by molar-refractivity contribution is 0.122. The first kappa shape index (κ1) is 26.3. The van der Waals surface area contributed by atoms with Crippen molar-refractivity contribution in [1.29, 1.82) is 0 Å². The van der Waals surface area contributed by atoms with Crippen LogP contribution in [0.2, 0.25) is 0 Å². The van der Waals surface area contributed by atoms with Gasteiger partial charge in [-0.15, -0.1) is 0 Å². The minimum Gasteiger partial charge on any atom is -0.378 e. The van der Waals surface area contributed by atoms with Crippen LogP contribution in [0.1, 0.15) is 44.4 Å². The molecule has 0 unspecified atom stereocenters. The number of hydrogen-bond acceptors (Lipinski definition) is 8. The van der Waals surface area contributed by atoms with E-state index in [1.165, 1.54) is 4.57 Å². The fraction of sp³-hybridized carbons (Fsp3) is 0.577. The highest BCUT2D eigenvalue weighted by molar-refractivity contribution is 7.89. The smallest absolute Gasteiger partial charge is 0.296 e. The lowest BCUT2D eigenvalue weighted by Gasteiger charge is -2.32. The molecule has 1 aliphatic carbocycles. The molecule has 3 fully saturated rings. The Morgan fingerprint density at radius 3 is 2.46 bits per heavy atom. The van der Waals surface area contributed by atoms with E-state index in [4.69, 9.17) is 14.7 Å². The van der Waals surface area contributed by atoms with E-state index in [9.17, 15) is 17.2 Å². The number of alkyl halides is 2. The van der Waals surface area contributed by atoms with Gasteiger partial charge in [-0.3, -0.25) is 4.57 Å². The van der Waals surface area contributed by atoms with E-state index < -0.39 is 16.4 Å². The Balaban J connectivity index is 1.26. The number of sulfonamides is 1. The summed E-state index contributed by atoms with van der Waals surface area (Å²) < 4.78 is 61.2. The number of para-hydroxylation sites is 2. The normalized spacial score (nSPS) is 24.0. The highest BCUT2D eigenvalue weighted by Gasteiger charge is 2.32. The second kappa shape index (κ2) is 10.9. The number of ether oxygens (including phenoxy) is 1. The van der Waals surface area contributed by atoms with Gasteiger partial charge < -0.3 is 15.0 Å². The van der Waals surface area contributed by atoms with E-state index >= 15 is 0 Å². The molecule has 2 aliphatic heterocycles. The predicted molar refractivity (Wildman–Crippen MR) is 144 cm³/mol. The molecule has 13 heteroatoms. The van der Waals surface area contributed by atoms with Crippen molar-refractivity contribution in [1.82, 2.24) is 23.8 Å². The zero-order chi connectivity index (χ0) is 27.0. The maximum atomic E-state index is 14.1. The number of hydrogen-bond donors (Lipinski definition) is 1. The number of morpholine rings is 1. The van der Waals surface area contributed by atoms with Crippen LogP contribution in [0, 0.1) is 5.92 Å². The summed E-state index contributed by atoms with van der Waals surface area (Å²) in [5.74, 6) is 1.60. The highest BCUT2D eigenvalue weighted by Crippen LogP contribution is 2.31. The molecule has 3 aromatic rings. The molecule has 0 spiro atoms. The Morgan fingerprint density at radius 2 is 1.74 bits per heavy atom. The van der Waals surface area contributed by atoms with Gasteiger partial charge in [0.25, 0.3) is 6.43 Å². The van der Waals surface area contributed by atoms with E-state index in [1.807, 2.05) is 0 Å². The molecule has 4 heterocycles. The molecule has 0 atom stereocenters. The van der Waals surface area contributed by atoms with Crippen molar-refractivity contribution < 1.29 is 21.9 Å². The van der Waals surface area contributed by atoms with Crippen LogP contribution in [0.25, 0.3) is 16.9 Å². The highest BCUT2D eigenvalue weighted by atomic mass is 32.2. The first-order chi connectivity index (χ1) is 18.9. The van der Waals surface area contributed by atoms with Gasteiger partial charge in [-0.05, 0) is 50.2 Å². The Bertz CT molecular complexity index is 1420. The van der Waals surface area contributed by atoms with Crippen molar-refractivity contribution in [3.63, 3.8) is 0 Å². The number of anilines is 2. The van der Waals surface area contributed by atoms with Crippen molar-refractivity contribution >= 4 is 32.8 Å². The van der Waals surface area contributed by atoms with Crippen LogP contribution in [-0.2, 0) is 14.8 Å². The van der Waals surface area contributed by atoms with Crippen LogP contribution in [0.3, 0.4) is 0 Å². The molecule has 2 aromatic heterocycles. The Morgan fingerprint density at radius 1 is 1.00 bits per heavy atom. The van der Waals surface area contributed by atoms with Gasteiger partial charge in [0, 0.05) is 38.3 Å². The first-order valence-corrected chi connectivity index (χ1v) is 15.2. The molecule has 2 saturated heterocycles. The molecule has 210 valence electrons. The molecule has 3 aliphatic rings. The van der Waals surface area contributed by atoms with Gasteiger partial charge in [0.05, 0.1) is 30.0 Å². The molecule has 1 saturated carbocycles. The molecule has 1 N–H and O–H groups in total. The van der Waals surface area contributed by atoms with Gasteiger partial charge in [0.15, 0.2) is 5.82 Å². The summed E-state index contributed by atoms with van der Waals surface area (Å²) >= 11 is 0. The minimum absolute atomic E-state index is 0.110. The van der Waals surface area contributed by atoms with Crippen molar-refractivity contribution in [3.05, 3.63) is 36.2 Å². The quantitative estimate of drug-likeness (QED) is 0.467. The van der Waals surface area contributed by atoms with E-state index in [1.54, 1.807) is 34.6 Å². The number of halogens is 2. The molecule has 0 bridgehead atoms. The number of aromatic nitrogens is 4. The first-order valence-electron chi connectivity index (χ1n) is 13.6. The van der Waals surface area contributed by atoms with Crippen LogP contribution in [-0.4, -0.2) is 83.4 Å². The fourth-order valence-electron chi connectivity index (χ4n) is 5.84. The van der Waals surface area contributed by atoms with Gasteiger partial charge >= 0.3 is 0 Å². The summed E-state index contributed by atoms with van der Waals surface area (Å²) in [5.41, 5.74) is 1.04. The molecular formula is C26H33F2N7O3S. The lowest BCUT2D eigenvalue weighted by atomic mass is 9.86. The number of imidazole rings is 1. The topological polar surface area (TPSA) is 105 Å². The van der Waals surface area contributed by atoms with E-state index in [2.05, 4.69) is 15.2 Å². The second-order valence-corrected chi connectivity index (χ2v) is 12.6. The molecule has 10 nitrogen and oxygen atoms in total. The summed E-state index contributed by atoms with van der Waals surface area (Å²) in [6.07, 6.45) is 1.45. The predicted octanol–water partition coefficient (Wildman–Crippen LogP) is 3.60. The maximum absolute atomic E-state index is 14.1. The third-order valence-corrected chi connectivity index (χ3v) is 9.81. The van der Waals surface area contributed by atoms with E-state index in [-0.39, 0.29) is 17.6 Å². The fourth-order valence-corrected chi connectivity index (χ4v) is 7.44. The molecule has 1 aromatic carbocycles. The number of nitrogens with one attached hydrogen (secondary N) is 1. The average molecular weight is 562 g/mol. The van der Waals surface area contributed by atoms with Gasteiger partial charge in [0.1, 0.15) is 11.6 Å². The van der Waals surface area contributed by atoms with Crippen LogP contribution >= 0.6 is 0 Å². The average Bonchev–Trinajstić information content (AvgIpc) is 3.49. The number of rotatable bonds is 7. The van der Waals surface area contributed by atoms with Crippen LogP contribution in [0.4, 0.5) is 20.5 Å². The summed E-state index contributed by atoms with van der Waals surface area (Å²) in [6, 6.07) is 8.90. The molecule has 0 radical (unpaired) electrons. The van der Waals surface area contributed by atoms with Crippen LogP contribution in [0.5, 0.6) is 0 Å². The SMILES string of the molecule is O=S1(=O)CCCN1CC1CCC(Nc2nc(N3CCOCC3)cc(-n3c(C(F)F)nc4ccccc43)n2)CC1.